The first-order valence-corrected chi connectivity index (χ1v) is 7.62. The Morgan fingerprint density at radius 3 is 2.70 bits per heavy atom. The number of aryl methyl sites for hydroxylation is 1. The maximum Gasteiger partial charge on any atom is 0.310 e. The molecule has 118 valence electrons. The average molecular weight is 311 g/mol. The van der Waals surface area contributed by atoms with Crippen LogP contribution in [-0.4, -0.2) is 17.6 Å². The standard InChI is InChI=1S/C19H18FNO2/c1-3-23-17(22)11-13-7-6-9-15-18(12(2)21-19(13)15)14-8-4-5-10-16(14)20/h4-10,21H,3,11H2,1-2H3. The van der Waals surface area contributed by atoms with Gasteiger partial charge >= 0.3 is 5.97 Å². The van der Waals surface area contributed by atoms with E-state index in [0.717, 1.165) is 27.7 Å². The minimum atomic E-state index is -0.264. The highest BCUT2D eigenvalue weighted by atomic mass is 19.1. The van der Waals surface area contributed by atoms with Gasteiger partial charge in [-0.25, -0.2) is 4.39 Å². The number of ether oxygens (including phenoxy) is 1. The zero-order valence-corrected chi connectivity index (χ0v) is 13.2. The zero-order valence-electron chi connectivity index (χ0n) is 13.2. The van der Waals surface area contributed by atoms with Crippen molar-refractivity contribution in [1.29, 1.82) is 0 Å². The molecule has 3 aromatic rings. The van der Waals surface area contributed by atoms with Crippen LogP contribution in [0.15, 0.2) is 42.5 Å². The Morgan fingerprint density at radius 2 is 1.96 bits per heavy atom. The minimum absolute atomic E-state index is 0.196. The van der Waals surface area contributed by atoms with Crippen LogP contribution in [0.3, 0.4) is 0 Å². The van der Waals surface area contributed by atoms with Crippen LogP contribution in [0, 0.1) is 12.7 Å². The summed E-state index contributed by atoms with van der Waals surface area (Å²) in [5.74, 6) is -0.521. The number of carbonyl (C=O) groups is 1. The van der Waals surface area contributed by atoms with Crippen LogP contribution in [0.5, 0.6) is 0 Å². The summed E-state index contributed by atoms with van der Waals surface area (Å²) in [5, 5.41) is 0.911. The van der Waals surface area contributed by atoms with Gasteiger partial charge in [0.2, 0.25) is 0 Å². The van der Waals surface area contributed by atoms with E-state index in [0.29, 0.717) is 12.2 Å². The van der Waals surface area contributed by atoms with E-state index in [1.807, 2.05) is 31.2 Å². The molecule has 2 aromatic carbocycles. The molecule has 0 unspecified atom stereocenters. The number of hydrogen-bond acceptors (Lipinski definition) is 2. The third-order valence-electron chi connectivity index (χ3n) is 3.89. The molecule has 0 aliphatic rings. The normalized spacial score (nSPS) is 10.9. The van der Waals surface area contributed by atoms with Crippen LogP contribution < -0.4 is 0 Å². The van der Waals surface area contributed by atoms with Crippen molar-refractivity contribution in [3.05, 3.63) is 59.5 Å². The first-order valence-electron chi connectivity index (χ1n) is 7.62. The smallest absolute Gasteiger partial charge is 0.310 e. The summed E-state index contributed by atoms with van der Waals surface area (Å²) < 4.78 is 19.2. The van der Waals surface area contributed by atoms with E-state index >= 15 is 0 Å². The molecule has 1 aromatic heterocycles. The first-order chi connectivity index (χ1) is 11.1. The number of aromatic amines is 1. The van der Waals surface area contributed by atoms with Gasteiger partial charge in [-0.1, -0.05) is 36.4 Å². The zero-order chi connectivity index (χ0) is 16.4. The van der Waals surface area contributed by atoms with Crippen LogP contribution in [-0.2, 0) is 16.0 Å². The fourth-order valence-electron chi connectivity index (χ4n) is 2.93. The van der Waals surface area contributed by atoms with Crippen molar-refractivity contribution in [2.24, 2.45) is 0 Å². The molecule has 3 rings (SSSR count). The van der Waals surface area contributed by atoms with E-state index in [2.05, 4.69) is 4.98 Å². The number of carbonyl (C=O) groups excluding carboxylic acids is 1. The predicted molar refractivity (Wildman–Crippen MR) is 88.8 cm³/mol. The third kappa shape index (κ3) is 2.84. The number of para-hydroxylation sites is 1. The summed E-state index contributed by atoms with van der Waals surface area (Å²) in [6, 6.07) is 12.4. The summed E-state index contributed by atoms with van der Waals surface area (Å²) in [6.07, 6.45) is 0.196. The van der Waals surface area contributed by atoms with Gasteiger partial charge in [0.05, 0.1) is 18.5 Å². The largest absolute Gasteiger partial charge is 0.466 e. The second kappa shape index (κ2) is 6.24. The Hall–Kier alpha value is -2.62. The van der Waals surface area contributed by atoms with Crippen LogP contribution in [0.1, 0.15) is 18.2 Å². The number of benzene rings is 2. The van der Waals surface area contributed by atoms with Gasteiger partial charge < -0.3 is 9.72 Å². The lowest BCUT2D eigenvalue weighted by Gasteiger charge is -2.05. The molecule has 0 amide bonds. The van der Waals surface area contributed by atoms with Crippen molar-refractivity contribution < 1.29 is 13.9 Å². The second-order valence-corrected chi connectivity index (χ2v) is 5.43. The average Bonchev–Trinajstić information content (AvgIpc) is 2.85. The number of hydrogen-bond donors (Lipinski definition) is 1. The van der Waals surface area contributed by atoms with Crippen molar-refractivity contribution in [2.45, 2.75) is 20.3 Å². The molecule has 0 bridgehead atoms. The lowest BCUT2D eigenvalue weighted by Crippen LogP contribution is -2.07. The second-order valence-electron chi connectivity index (χ2n) is 5.43. The fourth-order valence-corrected chi connectivity index (χ4v) is 2.93. The fraction of sp³-hybridized carbons (Fsp3) is 0.211. The van der Waals surface area contributed by atoms with E-state index in [-0.39, 0.29) is 18.2 Å². The number of esters is 1. The quantitative estimate of drug-likeness (QED) is 0.726. The summed E-state index contributed by atoms with van der Waals surface area (Å²) in [4.78, 5) is 15.1. The molecule has 0 aliphatic heterocycles. The van der Waals surface area contributed by atoms with Crippen LogP contribution in [0.2, 0.25) is 0 Å². The molecule has 3 nitrogen and oxygen atoms in total. The highest BCUT2D eigenvalue weighted by Gasteiger charge is 2.16. The van der Waals surface area contributed by atoms with Gasteiger partial charge in [-0.3, -0.25) is 4.79 Å². The Morgan fingerprint density at radius 1 is 1.17 bits per heavy atom. The van der Waals surface area contributed by atoms with Crippen LogP contribution in [0.25, 0.3) is 22.0 Å². The topological polar surface area (TPSA) is 42.1 Å². The number of rotatable bonds is 4. The molecule has 1 N–H and O–H groups in total. The predicted octanol–water partition coefficient (Wildman–Crippen LogP) is 4.39. The summed E-state index contributed by atoms with van der Waals surface area (Å²) in [7, 11) is 0. The lowest BCUT2D eigenvalue weighted by molar-refractivity contribution is -0.142. The number of aromatic nitrogens is 1. The SMILES string of the molecule is CCOC(=O)Cc1cccc2c(-c3ccccc3F)c(C)[nH]c12. The maximum absolute atomic E-state index is 14.2. The van der Waals surface area contributed by atoms with Crippen LogP contribution >= 0.6 is 0 Å². The number of H-pyrrole nitrogens is 1. The molecule has 0 radical (unpaired) electrons. The summed E-state index contributed by atoms with van der Waals surface area (Å²) in [6.45, 7) is 4.06. The van der Waals surface area contributed by atoms with Crippen LogP contribution in [0.4, 0.5) is 4.39 Å². The number of halogens is 1. The highest BCUT2D eigenvalue weighted by molar-refractivity contribution is 6.00. The van der Waals surface area contributed by atoms with Gasteiger partial charge in [0, 0.05) is 22.2 Å². The number of fused-ring (bicyclic) bond motifs is 1. The maximum atomic E-state index is 14.2. The molecule has 0 spiro atoms. The van der Waals surface area contributed by atoms with Gasteiger partial charge in [0.15, 0.2) is 0 Å². The molecular formula is C19H18FNO2. The van der Waals surface area contributed by atoms with E-state index < -0.39 is 0 Å². The molecule has 1 heterocycles. The molecule has 0 fully saturated rings. The monoisotopic (exact) mass is 311 g/mol. The first kappa shape index (κ1) is 15.3. The van der Waals surface area contributed by atoms with Crippen molar-refractivity contribution in [3.63, 3.8) is 0 Å². The molecule has 0 atom stereocenters. The lowest BCUT2D eigenvalue weighted by atomic mass is 10.00. The molecule has 23 heavy (non-hydrogen) atoms. The van der Waals surface area contributed by atoms with E-state index in [1.54, 1.807) is 19.1 Å². The molecule has 0 saturated heterocycles. The van der Waals surface area contributed by atoms with Gasteiger partial charge in [-0.15, -0.1) is 0 Å². The summed E-state index contributed by atoms with van der Waals surface area (Å²) in [5.41, 5.74) is 3.98. The Balaban J connectivity index is 2.14. The Bertz CT molecular complexity index is 867. The van der Waals surface area contributed by atoms with Gasteiger partial charge in [-0.05, 0) is 25.5 Å². The molecule has 0 saturated carbocycles. The van der Waals surface area contributed by atoms with E-state index in [9.17, 15) is 9.18 Å². The highest BCUT2D eigenvalue weighted by Crippen LogP contribution is 2.35. The van der Waals surface area contributed by atoms with E-state index in [4.69, 9.17) is 4.74 Å². The van der Waals surface area contributed by atoms with E-state index in [1.165, 1.54) is 6.07 Å². The summed E-state index contributed by atoms with van der Waals surface area (Å²) >= 11 is 0. The van der Waals surface area contributed by atoms with Gasteiger partial charge in [0.1, 0.15) is 5.82 Å². The van der Waals surface area contributed by atoms with Gasteiger partial charge in [0.25, 0.3) is 0 Å². The Kier molecular flexibility index (Phi) is 4.15. The van der Waals surface area contributed by atoms with Gasteiger partial charge in [-0.2, -0.15) is 0 Å². The molecular weight excluding hydrogens is 293 g/mol. The molecule has 4 heteroatoms. The van der Waals surface area contributed by atoms with Crippen molar-refractivity contribution in [2.75, 3.05) is 6.61 Å². The van der Waals surface area contributed by atoms with Crippen molar-refractivity contribution in [1.82, 2.24) is 4.98 Å². The Labute approximate surface area is 134 Å². The van der Waals surface area contributed by atoms with Crippen molar-refractivity contribution >= 4 is 16.9 Å². The number of nitrogens with one attached hydrogen (secondary N) is 1. The molecule has 0 aliphatic carbocycles. The minimum Gasteiger partial charge on any atom is -0.466 e. The van der Waals surface area contributed by atoms with Crippen molar-refractivity contribution in [3.8, 4) is 11.1 Å². The third-order valence-corrected chi connectivity index (χ3v) is 3.89.